The van der Waals surface area contributed by atoms with Crippen LogP contribution in [0, 0.1) is 0 Å². The smallest absolute Gasteiger partial charge is 0.237 e. The third-order valence-corrected chi connectivity index (χ3v) is 4.66. The number of benzene rings is 1. The molecule has 0 saturated carbocycles. The number of hydrazine groups is 1. The lowest BCUT2D eigenvalue weighted by molar-refractivity contribution is -0.158. The van der Waals surface area contributed by atoms with Crippen molar-refractivity contribution in [2.24, 2.45) is 0 Å². The highest BCUT2D eigenvalue weighted by molar-refractivity contribution is 7.99. The maximum Gasteiger partial charge on any atom is 0.237 e. The first-order valence-electron chi connectivity index (χ1n) is 8.05. The van der Waals surface area contributed by atoms with Gasteiger partial charge in [-0.15, -0.1) is 11.8 Å². The minimum absolute atomic E-state index is 0.186. The Bertz CT molecular complexity index is 493. The lowest BCUT2D eigenvalue weighted by atomic mass is 10.1. The van der Waals surface area contributed by atoms with Crippen molar-refractivity contribution in [1.82, 2.24) is 10.0 Å². The Morgan fingerprint density at radius 3 is 2.95 bits per heavy atom. The zero-order valence-corrected chi connectivity index (χ0v) is 14.3. The SMILES string of the molecule is CCSc1cccc(CN2C(=O)CCCN2CCC(C)O)c1. The third kappa shape index (κ3) is 5.00. The molecule has 4 nitrogen and oxygen atoms in total. The van der Waals surface area contributed by atoms with Gasteiger partial charge < -0.3 is 5.11 Å². The summed E-state index contributed by atoms with van der Waals surface area (Å²) in [6.45, 7) is 6.18. The van der Waals surface area contributed by atoms with Crippen molar-refractivity contribution in [3.63, 3.8) is 0 Å². The fourth-order valence-electron chi connectivity index (χ4n) is 2.65. The van der Waals surface area contributed by atoms with Crippen LogP contribution in [-0.2, 0) is 11.3 Å². The van der Waals surface area contributed by atoms with Gasteiger partial charge in [0.25, 0.3) is 0 Å². The van der Waals surface area contributed by atoms with Crippen LogP contribution in [-0.4, -0.2) is 46.0 Å². The van der Waals surface area contributed by atoms with Crippen LogP contribution in [0.25, 0.3) is 0 Å². The van der Waals surface area contributed by atoms with Crippen molar-refractivity contribution < 1.29 is 9.90 Å². The lowest BCUT2D eigenvalue weighted by Crippen LogP contribution is -2.50. The van der Waals surface area contributed by atoms with Crippen LogP contribution < -0.4 is 0 Å². The third-order valence-electron chi connectivity index (χ3n) is 3.78. The number of carbonyl (C=O) groups excluding carboxylic acids is 1. The van der Waals surface area contributed by atoms with Crippen LogP contribution in [0.4, 0.5) is 0 Å². The van der Waals surface area contributed by atoms with Crippen LogP contribution in [0.15, 0.2) is 29.2 Å². The summed E-state index contributed by atoms with van der Waals surface area (Å²) in [7, 11) is 0. The predicted molar refractivity (Wildman–Crippen MR) is 90.5 cm³/mol. The summed E-state index contributed by atoms with van der Waals surface area (Å²) in [6.07, 6.45) is 1.88. The number of rotatable bonds is 7. The molecule has 1 aliphatic heterocycles. The molecule has 0 radical (unpaired) electrons. The van der Waals surface area contributed by atoms with E-state index in [-0.39, 0.29) is 12.0 Å². The summed E-state index contributed by atoms with van der Waals surface area (Å²) in [5.41, 5.74) is 1.16. The molecule has 1 saturated heterocycles. The molecule has 1 aromatic carbocycles. The van der Waals surface area contributed by atoms with Gasteiger partial charge in [-0.25, -0.2) is 5.01 Å². The first-order chi connectivity index (χ1) is 10.6. The van der Waals surface area contributed by atoms with Crippen molar-refractivity contribution in [2.45, 2.75) is 50.7 Å². The molecule has 1 fully saturated rings. The second-order valence-electron chi connectivity index (χ2n) is 5.73. The highest BCUT2D eigenvalue weighted by atomic mass is 32.2. The molecule has 1 aromatic rings. The van der Waals surface area contributed by atoms with Gasteiger partial charge in [0.15, 0.2) is 0 Å². The molecule has 5 heteroatoms. The second-order valence-corrected chi connectivity index (χ2v) is 7.06. The topological polar surface area (TPSA) is 43.8 Å². The number of aliphatic hydroxyl groups excluding tert-OH is 1. The predicted octanol–water partition coefficient (Wildman–Crippen LogP) is 2.91. The maximum absolute atomic E-state index is 12.3. The van der Waals surface area contributed by atoms with Crippen molar-refractivity contribution in [2.75, 3.05) is 18.8 Å². The Morgan fingerprint density at radius 2 is 2.23 bits per heavy atom. The quantitative estimate of drug-likeness (QED) is 0.784. The average Bonchev–Trinajstić information content (AvgIpc) is 2.48. The largest absolute Gasteiger partial charge is 0.393 e. The van der Waals surface area contributed by atoms with E-state index >= 15 is 0 Å². The highest BCUT2D eigenvalue weighted by Crippen LogP contribution is 2.22. The van der Waals surface area contributed by atoms with Crippen molar-refractivity contribution in [3.05, 3.63) is 29.8 Å². The summed E-state index contributed by atoms with van der Waals surface area (Å²) in [5, 5.41) is 13.4. The molecule has 1 N–H and O–H groups in total. The molecule has 122 valence electrons. The highest BCUT2D eigenvalue weighted by Gasteiger charge is 2.26. The molecular weight excluding hydrogens is 296 g/mol. The van der Waals surface area contributed by atoms with Gasteiger partial charge in [0.1, 0.15) is 0 Å². The minimum Gasteiger partial charge on any atom is -0.393 e. The van der Waals surface area contributed by atoms with E-state index in [0.717, 1.165) is 30.8 Å². The van der Waals surface area contributed by atoms with E-state index in [9.17, 15) is 9.90 Å². The van der Waals surface area contributed by atoms with Gasteiger partial charge in [-0.1, -0.05) is 19.1 Å². The van der Waals surface area contributed by atoms with E-state index < -0.39 is 0 Å². The van der Waals surface area contributed by atoms with Gasteiger partial charge in [-0.05, 0) is 43.2 Å². The first-order valence-corrected chi connectivity index (χ1v) is 9.03. The molecule has 1 heterocycles. The summed E-state index contributed by atoms with van der Waals surface area (Å²) in [4.78, 5) is 13.5. The number of hydrogen-bond donors (Lipinski definition) is 1. The summed E-state index contributed by atoms with van der Waals surface area (Å²) < 4.78 is 0. The summed E-state index contributed by atoms with van der Waals surface area (Å²) >= 11 is 1.82. The molecule has 0 aromatic heterocycles. The standard InChI is InChI=1S/C17H26N2O2S/c1-3-22-16-7-4-6-15(12-16)13-19-17(21)8-5-10-18(19)11-9-14(2)20/h4,6-7,12,14,20H,3,5,8-11,13H2,1-2H3. The molecule has 1 atom stereocenters. The number of aliphatic hydroxyl groups is 1. The molecule has 0 aliphatic carbocycles. The van der Waals surface area contributed by atoms with E-state index in [2.05, 4.69) is 36.2 Å². The van der Waals surface area contributed by atoms with E-state index in [0.29, 0.717) is 19.4 Å². The van der Waals surface area contributed by atoms with Crippen LogP contribution in [0.2, 0.25) is 0 Å². The Hall–Kier alpha value is -1.04. The monoisotopic (exact) mass is 322 g/mol. The number of thioether (sulfide) groups is 1. The van der Waals surface area contributed by atoms with Crippen LogP contribution in [0.3, 0.4) is 0 Å². The van der Waals surface area contributed by atoms with Gasteiger partial charge >= 0.3 is 0 Å². The summed E-state index contributed by atoms with van der Waals surface area (Å²) in [5.74, 6) is 1.23. The zero-order chi connectivity index (χ0) is 15.9. The van der Waals surface area contributed by atoms with Gasteiger partial charge in [0.05, 0.1) is 12.6 Å². The lowest BCUT2D eigenvalue weighted by Gasteiger charge is -2.39. The number of carbonyl (C=O) groups is 1. The minimum atomic E-state index is -0.330. The van der Waals surface area contributed by atoms with Gasteiger partial charge in [0.2, 0.25) is 5.91 Å². The molecular formula is C17H26N2O2S. The molecule has 1 aliphatic rings. The number of nitrogens with zero attached hydrogens (tertiary/aromatic N) is 2. The van der Waals surface area contributed by atoms with E-state index in [4.69, 9.17) is 0 Å². The van der Waals surface area contributed by atoms with Crippen LogP contribution in [0.5, 0.6) is 0 Å². The molecule has 1 unspecified atom stereocenters. The zero-order valence-electron chi connectivity index (χ0n) is 13.5. The van der Waals surface area contributed by atoms with Gasteiger partial charge in [-0.3, -0.25) is 9.80 Å². The first kappa shape index (κ1) is 17.3. The van der Waals surface area contributed by atoms with E-state index in [1.165, 1.54) is 4.90 Å². The van der Waals surface area contributed by atoms with Crippen molar-refractivity contribution in [1.29, 1.82) is 0 Å². The normalized spacial score (nSPS) is 17.8. The van der Waals surface area contributed by atoms with E-state index in [1.807, 2.05) is 16.8 Å². The molecule has 22 heavy (non-hydrogen) atoms. The van der Waals surface area contributed by atoms with Crippen molar-refractivity contribution in [3.8, 4) is 0 Å². The molecule has 2 rings (SSSR count). The number of hydrogen-bond acceptors (Lipinski definition) is 4. The Labute approximate surface area is 137 Å². The summed E-state index contributed by atoms with van der Waals surface area (Å²) in [6, 6.07) is 8.42. The Kier molecular flexibility index (Phi) is 6.73. The van der Waals surface area contributed by atoms with E-state index in [1.54, 1.807) is 6.92 Å². The molecule has 0 bridgehead atoms. The maximum atomic E-state index is 12.3. The van der Waals surface area contributed by atoms with Gasteiger partial charge in [-0.2, -0.15) is 0 Å². The van der Waals surface area contributed by atoms with Crippen LogP contribution >= 0.6 is 11.8 Å². The van der Waals surface area contributed by atoms with Crippen molar-refractivity contribution >= 4 is 17.7 Å². The fourth-order valence-corrected chi connectivity index (χ4v) is 3.39. The second kappa shape index (κ2) is 8.56. The average molecular weight is 322 g/mol. The van der Waals surface area contributed by atoms with Crippen LogP contribution in [0.1, 0.15) is 38.7 Å². The Morgan fingerprint density at radius 1 is 1.41 bits per heavy atom. The molecule has 0 spiro atoms. The number of amides is 1. The Balaban J connectivity index is 2.05. The van der Waals surface area contributed by atoms with Gasteiger partial charge in [0, 0.05) is 24.4 Å². The molecule has 1 amide bonds. The fraction of sp³-hybridized carbons (Fsp3) is 0.588.